The van der Waals surface area contributed by atoms with Gasteiger partial charge in [0.25, 0.3) is 5.91 Å². The highest BCUT2D eigenvalue weighted by molar-refractivity contribution is 7.92. The number of carbonyl (C=O) groups is 1. The highest BCUT2D eigenvalue weighted by atomic mass is 32.2. The van der Waals surface area contributed by atoms with E-state index in [2.05, 4.69) is 4.90 Å². The molecule has 1 saturated heterocycles. The fourth-order valence-electron chi connectivity index (χ4n) is 4.27. The third-order valence-corrected chi connectivity index (χ3v) is 7.08. The summed E-state index contributed by atoms with van der Waals surface area (Å²) in [7, 11) is -3.53. The van der Waals surface area contributed by atoms with Gasteiger partial charge in [-0.2, -0.15) is 0 Å². The van der Waals surface area contributed by atoms with Crippen LogP contribution in [0.3, 0.4) is 0 Å². The van der Waals surface area contributed by atoms with E-state index < -0.39 is 16.1 Å². The molecular formula is C22H25N3O6S. The third-order valence-electron chi connectivity index (χ3n) is 5.94. The average molecular weight is 460 g/mol. The van der Waals surface area contributed by atoms with E-state index in [-0.39, 0.29) is 19.2 Å². The topological polar surface area (TPSA) is 88.6 Å². The lowest BCUT2D eigenvalue weighted by atomic mass is 10.1. The van der Waals surface area contributed by atoms with E-state index in [0.29, 0.717) is 24.5 Å². The van der Waals surface area contributed by atoms with Crippen LogP contribution in [0.2, 0.25) is 0 Å². The second-order valence-electron chi connectivity index (χ2n) is 8.16. The Kier molecular flexibility index (Phi) is 5.34. The molecule has 0 spiro atoms. The van der Waals surface area contributed by atoms with E-state index in [1.165, 1.54) is 4.31 Å². The summed E-state index contributed by atoms with van der Waals surface area (Å²) in [5.74, 6) is 1.75. The van der Waals surface area contributed by atoms with Crippen LogP contribution in [0.1, 0.15) is 5.56 Å². The predicted octanol–water partition coefficient (Wildman–Crippen LogP) is 1.29. The lowest BCUT2D eigenvalue weighted by Gasteiger charge is -2.39. The lowest BCUT2D eigenvalue weighted by Crippen LogP contribution is -2.56. The van der Waals surface area contributed by atoms with Gasteiger partial charge in [-0.1, -0.05) is 18.2 Å². The molecule has 3 heterocycles. The minimum atomic E-state index is -3.53. The standard InChI is InChI=1S/C22H25N3O6S/c1-32(27,28)25-14-21(31-18-5-3-2-4-17(18)25)22(26)24-10-8-23(9-11-24)13-16-6-7-19-20(12-16)30-15-29-19/h2-7,12,21H,8-11,13-15H2,1H3. The molecule has 5 rings (SSSR count). The van der Waals surface area contributed by atoms with Gasteiger partial charge >= 0.3 is 0 Å². The van der Waals surface area contributed by atoms with Gasteiger partial charge < -0.3 is 19.1 Å². The molecule has 2 aromatic carbocycles. The lowest BCUT2D eigenvalue weighted by molar-refractivity contribution is -0.140. The molecule has 1 amide bonds. The first-order valence-electron chi connectivity index (χ1n) is 10.5. The van der Waals surface area contributed by atoms with E-state index in [1.54, 1.807) is 29.2 Å². The fraction of sp³-hybridized carbons (Fsp3) is 0.409. The quantitative estimate of drug-likeness (QED) is 0.681. The third kappa shape index (κ3) is 4.07. The first-order chi connectivity index (χ1) is 15.4. The predicted molar refractivity (Wildman–Crippen MR) is 117 cm³/mol. The maximum absolute atomic E-state index is 13.2. The molecule has 170 valence electrons. The van der Waals surface area contributed by atoms with E-state index in [0.717, 1.165) is 43.0 Å². The summed E-state index contributed by atoms with van der Waals surface area (Å²) in [5, 5.41) is 0. The number of piperazine rings is 1. The number of nitrogens with zero attached hydrogens (tertiary/aromatic N) is 3. The molecule has 0 saturated carbocycles. The van der Waals surface area contributed by atoms with Gasteiger partial charge in [-0.3, -0.25) is 14.0 Å². The number of carbonyl (C=O) groups excluding carboxylic acids is 1. The number of benzene rings is 2. The SMILES string of the molecule is CS(=O)(=O)N1CC(C(=O)N2CCN(Cc3ccc4c(c3)OCO4)CC2)Oc2ccccc21. The molecule has 1 atom stereocenters. The Bertz CT molecular complexity index is 1130. The van der Waals surface area contributed by atoms with Crippen molar-refractivity contribution in [2.24, 2.45) is 0 Å². The van der Waals surface area contributed by atoms with Crippen LogP contribution in [-0.2, 0) is 21.4 Å². The number of amides is 1. The van der Waals surface area contributed by atoms with Crippen LogP contribution >= 0.6 is 0 Å². The highest BCUT2D eigenvalue weighted by Gasteiger charge is 2.37. The molecule has 0 N–H and O–H groups in total. The van der Waals surface area contributed by atoms with Crippen molar-refractivity contribution in [2.45, 2.75) is 12.6 Å². The van der Waals surface area contributed by atoms with Gasteiger partial charge in [0, 0.05) is 32.7 Å². The van der Waals surface area contributed by atoms with Crippen LogP contribution < -0.4 is 18.5 Å². The number of anilines is 1. The number of sulfonamides is 1. The highest BCUT2D eigenvalue weighted by Crippen LogP contribution is 2.35. The summed E-state index contributed by atoms with van der Waals surface area (Å²) in [6.45, 7) is 3.55. The largest absolute Gasteiger partial charge is 0.476 e. The molecule has 2 aromatic rings. The van der Waals surface area contributed by atoms with Crippen molar-refractivity contribution in [1.29, 1.82) is 0 Å². The van der Waals surface area contributed by atoms with E-state index >= 15 is 0 Å². The van der Waals surface area contributed by atoms with Gasteiger partial charge in [0.15, 0.2) is 17.6 Å². The Labute approximate surface area is 187 Å². The summed E-state index contributed by atoms with van der Waals surface area (Å²) < 4.78 is 42.6. The first kappa shape index (κ1) is 20.9. The number of fused-ring (bicyclic) bond motifs is 2. The van der Waals surface area contributed by atoms with Gasteiger partial charge in [0.2, 0.25) is 16.8 Å². The number of para-hydroxylation sites is 2. The second kappa shape index (κ2) is 8.18. The number of ether oxygens (including phenoxy) is 3. The average Bonchev–Trinajstić information content (AvgIpc) is 3.26. The molecule has 0 aromatic heterocycles. The van der Waals surface area contributed by atoms with Gasteiger partial charge in [-0.05, 0) is 29.8 Å². The summed E-state index contributed by atoms with van der Waals surface area (Å²) in [6.07, 6.45) is 0.283. The maximum Gasteiger partial charge on any atom is 0.265 e. The summed E-state index contributed by atoms with van der Waals surface area (Å²) in [6, 6.07) is 12.8. The van der Waals surface area contributed by atoms with Gasteiger partial charge in [0.05, 0.1) is 18.5 Å². The Morgan fingerprint density at radius 2 is 1.75 bits per heavy atom. The number of hydrogen-bond acceptors (Lipinski definition) is 7. The molecule has 3 aliphatic heterocycles. The number of rotatable bonds is 4. The summed E-state index contributed by atoms with van der Waals surface area (Å²) >= 11 is 0. The Morgan fingerprint density at radius 3 is 2.53 bits per heavy atom. The number of hydrogen-bond donors (Lipinski definition) is 0. The zero-order valence-electron chi connectivity index (χ0n) is 17.8. The van der Waals surface area contributed by atoms with Crippen molar-refractivity contribution >= 4 is 21.6 Å². The normalized spacial score (nSPS) is 20.6. The zero-order chi connectivity index (χ0) is 22.3. The Morgan fingerprint density at radius 1 is 1.00 bits per heavy atom. The van der Waals surface area contributed by atoms with Gasteiger partial charge in [-0.15, -0.1) is 0 Å². The van der Waals surface area contributed by atoms with E-state index in [1.807, 2.05) is 18.2 Å². The molecule has 32 heavy (non-hydrogen) atoms. The minimum absolute atomic E-state index is 0.0217. The molecule has 0 radical (unpaired) electrons. The molecule has 0 bridgehead atoms. The summed E-state index contributed by atoms with van der Waals surface area (Å²) in [4.78, 5) is 17.2. The zero-order valence-corrected chi connectivity index (χ0v) is 18.6. The van der Waals surface area contributed by atoms with Crippen molar-refractivity contribution < 1.29 is 27.4 Å². The van der Waals surface area contributed by atoms with Crippen molar-refractivity contribution in [2.75, 3.05) is 50.1 Å². The van der Waals surface area contributed by atoms with E-state index in [9.17, 15) is 13.2 Å². The van der Waals surface area contributed by atoms with Crippen LogP contribution in [-0.4, -0.2) is 76.0 Å². The van der Waals surface area contributed by atoms with Crippen molar-refractivity contribution in [3.63, 3.8) is 0 Å². The maximum atomic E-state index is 13.2. The van der Waals surface area contributed by atoms with Gasteiger partial charge in [0.1, 0.15) is 5.75 Å². The molecule has 0 aliphatic carbocycles. The fourth-order valence-corrected chi connectivity index (χ4v) is 5.19. The van der Waals surface area contributed by atoms with Crippen molar-refractivity contribution in [3.05, 3.63) is 48.0 Å². The van der Waals surface area contributed by atoms with Crippen LogP contribution in [0.15, 0.2) is 42.5 Å². The van der Waals surface area contributed by atoms with Crippen LogP contribution in [0, 0.1) is 0 Å². The van der Waals surface area contributed by atoms with Crippen molar-refractivity contribution in [1.82, 2.24) is 9.80 Å². The smallest absolute Gasteiger partial charge is 0.265 e. The van der Waals surface area contributed by atoms with E-state index in [4.69, 9.17) is 14.2 Å². The molecule has 1 fully saturated rings. The minimum Gasteiger partial charge on any atom is -0.476 e. The molecule has 3 aliphatic rings. The van der Waals surface area contributed by atoms with Crippen molar-refractivity contribution in [3.8, 4) is 17.2 Å². The molecule has 9 nitrogen and oxygen atoms in total. The molecule has 1 unspecified atom stereocenters. The van der Waals surface area contributed by atoms with Crippen LogP contribution in [0.4, 0.5) is 5.69 Å². The Balaban J connectivity index is 1.22. The molecular weight excluding hydrogens is 434 g/mol. The summed E-state index contributed by atoms with van der Waals surface area (Å²) in [5.41, 5.74) is 1.60. The monoisotopic (exact) mass is 459 g/mol. The Hall–Kier alpha value is -2.98. The first-order valence-corrected chi connectivity index (χ1v) is 12.4. The van der Waals surface area contributed by atoms with Crippen LogP contribution in [0.25, 0.3) is 0 Å². The van der Waals surface area contributed by atoms with Crippen LogP contribution in [0.5, 0.6) is 17.2 Å². The molecule has 10 heteroatoms. The second-order valence-corrected chi connectivity index (χ2v) is 10.1. The van der Waals surface area contributed by atoms with Gasteiger partial charge in [-0.25, -0.2) is 8.42 Å².